The summed E-state index contributed by atoms with van der Waals surface area (Å²) >= 11 is 5.87. The topological polar surface area (TPSA) is 88.2 Å². The lowest BCUT2D eigenvalue weighted by Crippen LogP contribution is -2.33. The van der Waals surface area contributed by atoms with Gasteiger partial charge in [0.25, 0.3) is 0 Å². The number of nitrogens with zero attached hydrogens (tertiary/aromatic N) is 2. The van der Waals surface area contributed by atoms with Gasteiger partial charge in [-0.25, -0.2) is 19.2 Å². The highest BCUT2D eigenvalue weighted by Crippen LogP contribution is 2.29. The zero-order valence-electron chi connectivity index (χ0n) is 17.6. The van der Waals surface area contributed by atoms with Gasteiger partial charge in [-0.1, -0.05) is 17.7 Å². The number of anilines is 3. The molecule has 0 unspecified atom stereocenters. The molecule has 0 saturated carbocycles. The second kappa shape index (κ2) is 9.78. The molecule has 9 heteroatoms. The Morgan fingerprint density at radius 2 is 1.97 bits per heavy atom. The van der Waals surface area contributed by atoms with Gasteiger partial charge < -0.3 is 20.7 Å². The molecule has 1 aromatic heterocycles. The van der Waals surface area contributed by atoms with Gasteiger partial charge in [-0.05, 0) is 57.5 Å². The van der Waals surface area contributed by atoms with Crippen molar-refractivity contribution in [2.24, 2.45) is 0 Å². The lowest BCUT2D eigenvalue weighted by Gasteiger charge is -2.19. The van der Waals surface area contributed by atoms with Crippen molar-refractivity contribution in [2.75, 3.05) is 23.7 Å². The molecule has 7 nitrogen and oxygen atoms in total. The van der Waals surface area contributed by atoms with Gasteiger partial charge in [-0.3, -0.25) is 0 Å². The van der Waals surface area contributed by atoms with Crippen LogP contribution in [0.15, 0.2) is 42.7 Å². The fourth-order valence-electron chi connectivity index (χ4n) is 2.82. The van der Waals surface area contributed by atoms with Crippen molar-refractivity contribution >= 4 is 45.8 Å². The normalized spacial score (nSPS) is 11.3. The maximum absolute atomic E-state index is 14.3. The Morgan fingerprint density at radius 1 is 1.16 bits per heavy atom. The summed E-state index contributed by atoms with van der Waals surface area (Å²) in [6.45, 7) is 6.59. The lowest BCUT2D eigenvalue weighted by molar-refractivity contribution is 0.0528. The molecular formula is C22H25ClFN5O2. The molecule has 0 atom stereocenters. The maximum Gasteiger partial charge on any atom is 0.407 e. The first-order valence-electron chi connectivity index (χ1n) is 9.89. The van der Waals surface area contributed by atoms with Gasteiger partial charge in [0, 0.05) is 24.2 Å². The number of hydrogen-bond acceptors (Lipinski definition) is 6. The molecular weight excluding hydrogens is 421 g/mol. The van der Waals surface area contributed by atoms with Crippen LogP contribution in [0.1, 0.15) is 27.2 Å². The highest BCUT2D eigenvalue weighted by molar-refractivity contribution is 6.31. The van der Waals surface area contributed by atoms with Crippen molar-refractivity contribution in [3.8, 4) is 0 Å². The predicted octanol–water partition coefficient (Wildman–Crippen LogP) is 5.49. The average Bonchev–Trinajstić information content (AvgIpc) is 2.70. The predicted molar refractivity (Wildman–Crippen MR) is 122 cm³/mol. The molecule has 31 heavy (non-hydrogen) atoms. The number of fused-ring (bicyclic) bond motifs is 1. The van der Waals surface area contributed by atoms with Crippen LogP contribution in [0.5, 0.6) is 0 Å². The SMILES string of the molecule is CC(C)(C)OC(=O)NCCCNc1ccc2ncnc(Nc3cccc(Cl)c3F)c2c1. The molecule has 1 heterocycles. The van der Waals surface area contributed by atoms with Crippen molar-refractivity contribution < 1.29 is 13.9 Å². The molecule has 0 aliphatic heterocycles. The molecule has 3 rings (SSSR count). The van der Waals surface area contributed by atoms with Gasteiger partial charge >= 0.3 is 6.09 Å². The monoisotopic (exact) mass is 445 g/mol. The highest BCUT2D eigenvalue weighted by Gasteiger charge is 2.15. The standard InChI is InChI=1S/C22H25ClFN5O2/c1-22(2,3)31-21(30)26-11-5-10-25-14-8-9-17-15(12-14)20(28-13-27-17)29-18-7-4-6-16(23)19(18)24/h4,6-9,12-13,25H,5,10-11H2,1-3H3,(H,26,30)(H,27,28,29). The van der Waals surface area contributed by atoms with Gasteiger partial charge in [-0.15, -0.1) is 0 Å². The van der Waals surface area contributed by atoms with Crippen LogP contribution in [0.25, 0.3) is 10.9 Å². The minimum Gasteiger partial charge on any atom is -0.444 e. The highest BCUT2D eigenvalue weighted by atomic mass is 35.5. The van der Waals surface area contributed by atoms with E-state index in [0.717, 1.165) is 16.6 Å². The van der Waals surface area contributed by atoms with Crippen LogP contribution in [-0.4, -0.2) is 34.8 Å². The number of hydrogen-bond donors (Lipinski definition) is 3. The summed E-state index contributed by atoms with van der Waals surface area (Å²) in [5.74, 6) is -0.0656. The number of benzene rings is 2. The molecule has 1 amide bonds. The van der Waals surface area contributed by atoms with Crippen LogP contribution in [0.2, 0.25) is 5.02 Å². The molecule has 0 bridgehead atoms. The Balaban J connectivity index is 1.62. The van der Waals surface area contributed by atoms with E-state index in [4.69, 9.17) is 16.3 Å². The van der Waals surface area contributed by atoms with E-state index in [1.54, 1.807) is 12.1 Å². The molecule has 3 aromatic rings. The lowest BCUT2D eigenvalue weighted by atomic mass is 10.2. The van der Waals surface area contributed by atoms with E-state index in [9.17, 15) is 9.18 Å². The third-order valence-electron chi connectivity index (χ3n) is 4.19. The summed E-state index contributed by atoms with van der Waals surface area (Å²) in [6.07, 6.45) is 1.70. The number of alkyl carbamates (subject to hydrolysis) is 1. The summed E-state index contributed by atoms with van der Waals surface area (Å²) in [6, 6.07) is 10.4. The molecule has 164 valence electrons. The van der Waals surface area contributed by atoms with Crippen molar-refractivity contribution in [2.45, 2.75) is 32.8 Å². The van der Waals surface area contributed by atoms with Crippen molar-refractivity contribution in [1.29, 1.82) is 0 Å². The molecule has 0 aliphatic carbocycles. The second-order valence-electron chi connectivity index (χ2n) is 7.89. The number of ether oxygens (including phenoxy) is 1. The largest absolute Gasteiger partial charge is 0.444 e. The Kier molecular flexibility index (Phi) is 7.12. The summed E-state index contributed by atoms with van der Waals surface area (Å²) in [7, 11) is 0. The number of amides is 1. The van der Waals surface area contributed by atoms with E-state index in [2.05, 4.69) is 25.9 Å². The van der Waals surface area contributed by atoms with E-state index in [0.29, 0.717) is 25.3 Å². The fraction of sp³-hybridized carbons (Fsp3) is 0.318. The molecule has 0 fully saturated rings. The van der Waals surface area contributed by atoms with E-state index in [1.165, 1.54) is 12.4 Å². The summed E-state index contributed by atoms with van der Waals surface area (Å²) in [4.78, 5) is 20.2. The summed E-state index contributed by atoms with van der Waals surface area (Å²) < 4.78 is 19.5. The third kappa shape index (κ3) is 6.42. The number of halogens is 2. The molecule has 3 N–H and O–H groups in total. The van der Waals surface area contributed by atoms with Crippen LogP contribution < -0.4 is 16.0 Å². The quantitative estimate of drug-likeness (QED) is 0.416. The first-order valence-corrected chi connectivity index (χ1v) is 10.3. The summed E-state index contributed by atoms with van der Waals surface area (Å²) in [5, 5.41) is 9.78. The molecule has 0 aliphatic rings. The Hall–Kier alpha value is -3.13. The number of nitrogens with one attached hydrogen (secondary N) is 3. The van der Waals surface area contributed by atoms with Gasteiger partial charge in [0.15, 0.2) is 5.82 Å². The number of aromatic nitrogens is 2. The van der Waals surface area contributed by atoms with Gasteiger partial charge in [0.2, 0.25) is 0 Å². The Labute approximate surface area is 185 Å². The van der Waals surface area contributed by atoms with Crippen LogP contribution in [0.3, 0.4) is 0 Å². The maximum atomic E-state index is 14.3. The second-order valence-corrected chi connectivity index (χ2v) is 8.30. The van der Waals surface area contributed by atoms with Crippen LogP contribution in [0.4, 0.5) is 26.4 Å². The number of carbonyl (C=O) groups excluding carboxylic acids is 1. The first kappa shape index (κ1) is 22.6. The Morgan fingerprint density at radius 3 is 2.74 bits per heavy atom. The van der Waals surface area contributed by atoms with Crippen molar-refractivity contribution in [1.82, 2.24) is 15.3 Å². The third-order valence-corrected chi connectivity index (χ3v) is 4.48. The molecule has 0 saturated heterocycles. The van der Waals surface area contributed by atoms with Crippen LogP contribution in [-0.2, 0) is 4.74 Å². The number of carbonyl (C=O) groups is 1. The van der Waals surface area contributed by atoms with E-state index in [1.807, 2.05) is 39.0 Å². The van der Waals surface area contributed by atoms with E-state index >= 15 is 0 Å². The molecule has 0 radical (unpaired) electrons. The zero-order chi connectivity index (χ0) is 22.4. The number of rotatable bonds is 7. The molecule has 0 spiro atoms. The first-order chi connectivity index (χ1) is 14.7. The van der Waals surface area contributed by atoms with E-state index < -0.39 is 17.5 Å². The van der Waals surface area contributed by atoms with Crippen LogP contribution in [0, 0.1) is 5.82 Å². The van der Waals surface area contributed by atoms with Crippen molar-refractivity contribution in [3.63, 3.8) is 0 Å². The van der Waals surface area contributed by atoms with Gasteiger partial charge in [-0.2, -0.15) is 0 Å². The minimum absolute atomic E-state index is 0.0331. The Bertz CT molecular complexity index is 1070. The summed E-state index contributed by atoms with van der Waals surface area (Å²) in [5.41, 5.74) is 1.29. The molecule has 2 aromatic carbocycles. The zero-order valence-corrected chi connectivity index (χ0v) is 18.4. The van der Waals surface area contributed by atoms with Crippen molar-refractivity contribution in [3.05, 3.63) is 53.6 Å². The van der Waals surface area contributed by atoms with Gasteiger partial charge in [0.05, 0.1) is 16.2 Å². The smallest absolute Gasteiger partial charge is 0.407 e. The minimum atomic E-state index is -0.539. The average molecular weight is 446 g/mol. The van der Waals surface area contributed by atoms with E-state index in [-0.39, 0.29) is 10.7 Å². The van der Waals surface area contributed by atoms with Crippen LogP contribution >= 0.6 is 11.6 Å². The van der Waals surface area contributed by atoms with Gasteiger partial charge in [0.1, 0.15) is 17.7 Å². The fourth-order valence-corrected chi connectivity index (χ4v) is 2.99.